The molecule has 0 amide bonds. The Morgan fingerprint density at radius 2 is 1.80 bits per heavy atom. The second-order valence-electron chi connectivity index (χ2n) is 8.62. The molecule has 3 unspecified atom stereocenters. The standard InChI is InChI=1S/C19H34S/c1-14-9-10-16-13-17(20(7,8)18(3,4)5)11-12-19(16,6)15(14)2/h9-10,15,17H,11-13H2,1-8H3. The van der Waals surface area contributed by atoms with Crippen molar-refractivity contribution in [3.63, 3.8) is 0 Å². The number of hydrogen-bond acceptors (Lipinski definition) is 0. The first-order valence-corrected chi connectivity index (χ1v) is 10.6. The topological polar surface area (TPSA) is 0 Å². The van der Waals surface area contributed by atoms with Crippen LogP contribution in [0.1, 0.15) is 60.8 Å². The van der Waals surface area contributed by atoms with Crippen LogP contribution in [0.5, 0.6) is 0 Å². The fourth-order valence-corrected chi connectivity index (χ4v) is 6.14. The van der Waals surface area contributed by atoms with E-state index < -0.39 is 10.0 Å². The van der Waals surface area contributed by atoms with Crippen LogP contribution in [-0.2, 0) is 0 Å². The maximum atomic E-state index is 2.56. The highest BCUT2D eigenvalue weighted by atomic mass is 32.3. The molecule has 0 nitrogen and oxygen atoms in total. The maximum Gasteiger partial charge on any atom is -0.00497 e. The molecule has 2 rings (SSSR count). The van der Waals surface area contributed by atoms with Gasteiger partial charge in [0.1, 0.15) is 0 Å². The molecule has 0 N–H and O–H groups in total. The van der Waals surface area contributed by atoms with E-state index in [1.165, 1.54) is 19.3 Å². The van der Waals surface area contributed by atoms with Gasteiger partial charge in [0, 0.05) is 0 Å². The first-order chi connectivity index (χ1) is 9.00. The molecule has 0 aliphatic heterocycles. The van der Waals surface area contributed by atoms with E-state index in [1.54, 1.807) is 11.1 Å². The minimum atomic E-state index is -0.569. The maximum absolute atomic E-state index is 2.56. The monoisotopic (exact) mass is 294 g/mol. The van der Waals surface area contributed by atoms with Crippen LogP contribution in [-0.4, -0.2) is 22.5 Å². The second kappa shape index (κ2) is 4.93. The summed E-state index contributed by atoms with van der Waals surface area (Å²) in [5.74, 6) is 0.719. The zero-order chi connectivity index (χ0) is 15.3. The average molecular weight is 295 g/mol. The highest BCUT2D eigenvalue weighted by Crippen LogP contribution is 2.64. The number of allylic oxidation sites excluding steroid dienone is 4. The summed E-state index contributed by atoms with van der Waals surface area (Å²) < 4.78 is 0.456. The van der Waals surface area contributed by atoms with Gasteiger partial charge in [0.2, 0.25) is 0 Å². The van der Waals surface area contributed by atoms with Crippen LogP contribution >= 0.6 is 10.0 Å². The normalized spacial score (nSPS) is 36.0. The molecule has 3 atom stereocenters. The van der Waals surface area contributed by atoms with Gasteiger partial charge in [-0.1, -0.05) is 57.9 Å². The van der Waals surface area contributed by atoms with Crippen LogP contribution < -0.4 is 0 Å². The van der Waals surface area contributed by atoms with Gasteiger partial charge < -0.3 is 0 Å². The van der Waals surface area contributed by atoms with Crippen molar-refractivity contribution in [1.82, 2.24) is 0 Å². The highest BCUT2D eigenvalue weighted by molar-refractivity contribution is 8.34. The third-order valence-electron chi connectivity index (χ3n) is 6.76. The second-order valence-corrected chi connectivity index (χ2v) is 13.3. The Morgan fingerprint density at radius 3 is 2.35 bits per heavy atom. The first-order valence-electron chi connectivity index (χ1n) is 8.10. The summed E-state index contributed by atoms with van der Waals surface area (Å²) in [4.78, 5) is 0. The van der Waals surface area contributed by atoms with Crippen molar-refractivity contribution < 1.29 is 0 Å². The lowest BCUT2D eigenvalue weighted by Gasteiger charge is -2.56. The molecule has 0 bridgehead atoms. The molecular formula is C19H34S. The SMILES string of the molecule is CC1=CC=C2CC(S(C)(C)C(C)(C)C)CCC2(C)C1C. The minimum absolute atomic E-state index is 0.433. The van der Waals surface area contributed by atoms with Gasteiger partial charge in [0.05, 0.1) is 0 Å². The van der Waals surface area contributed by atoms with Gasteiger partial charge in [-0.05, 0) is 60.0 Å². The van der Waals surface area contributed by atoms with Crippen molar-refractivity contribution >= 4 is 10.0 Å². The van der Waals surface area contributed by atoms with E-state index in [1.807, 2.05) is 0 Å². The molecule has 0 heterocycles. The van der Waals surface area contributed by atoms with E-state index in [0.717, 1.165) is 11.2 Å². The molecule has 1 fully saturated rings. The molecule has 0 aromatic heterocycles. The molecule has 2 aliphatic rings. The Bertz CT molecular complexity index is 447. The van der Waals surface area contributed by atoms with Gasteiger partial charge in [0.15, 0.2) is 0 Å². The Balaban J connectivity index is 2.28. The van der Waals surface area contributed by atoms with E-state index in [4.69, 9.17) is 0 Å². The summed E-state index contributed by atoms with van der Waals surface area (Å²) in [7, 11) is -0.569. The summed E-state index contributed by atoms with van der Waals surface area (Å²) in [5.41, 5.74) is 3.73. The van der Waals surface area contributed by atoms with E-state index >= 15 is 0 Å². The number of fused-ring (bicyclic) bond motifs is 1. The first kappa shape index (κ1) is 16.2. The third-order valence-corrected chi connectivity index (χ3v) is 12.0. The lowest BCUT2D eigenvalue weighted by molar-refractivity contribution is 0.225. The van der Waals surface area contributed by atoms with Crippen molar-refractivity contribution in [2.45, 2.75) is 70.8 Å². The van der Waals surface area contributed by atoms with Crippen LogP contribution in [0.15, 0.2) is 23.3 Å². The van der Waals surface area contributed by atoms with Crippen molar-refractivity contribution in [1.29, 1.82) is 0 Å². The Labute approximate surface area is 128 Å². The van der Waals surface area contributed by atoms with E-state index in [2.05, 4.69) is 66.2 Å². The van der Waals surface area contributed by atoms with Crippen molar-refractivity contribution in [2.24, 2.45) is 11.3 Å². The van der Waals surface area contributed by atoms with E-state index in [9.17, 15) is 0 Å². The lowest BCUT2D eigenvalue weighted by Crippen LogP contribution is -2.41. The summed E-state index contributed by atoms with van der Waals surface area (Å²) in [5, 5.41) is 0.904. The molecule has 0 aromatic carbocycles. The van der Waals surface area contributed by atoms with Crippen LogP contribution in [0.4, 0.5) is 0 Å². The predicted octanol–water partition coefficient (Wildman–Crippen LogP) is 5.93. The van der Waals surface area contributed by atoms with E-state index in [0.29, 0.717) is 10.2 Å². The fourth-order valence-electron chi connectivity index (χ4n) is 3.84. The summed E-state index contributed by atoms with van der Waals surface area (Å²) in [6.07, 6.45) is 14.1. The van der Waals surface area contributed by atoms with E-state index in [-0.39, 0.29) is 0 Å². The average Bonchev–Trinajstić information content (AvgIpc) is 2.33. The number of hydrogen-bond donors (Lipinski definition) is 0. The minimum Gasteiger partial charge on any atom is -0.239 e. The lowest BCUT2D eigenvalue weighted by atomic mass is 9.61. The quantitative estimate of drug-likeness (QED) is 0.562. The molecule has 0 radical (unpaired) electrons. The summed E-state index contributed by atoms with van der Waals surface area (Å²) >= 11 is 0. The molecule has 2 aliphatic carbocycles. The van der Waals surface area contributed by atoms with Crippen LogP contribution in [0, 0.1) is 11.3 Å². The Hall–Kier alpha value is -0.170. The molecule has 1 heteroatoms. The molecule has 1 saturated carbocycles. The zero-order valence-electron chi connectivity index (χ0n) is 14.8. The molecular weight excluding hydrogens is 260 g/mol. The zero-order valence-corrected chi connectivity index (χ0v) is 15.7. The van der Waals surface area contributed by atoms with Crippen LogP contribution in [0.3, 0.4) is 0 Å². The van der Waals surface area contributed by atoms with Gasteiger partial charge >= 0.3 is 0 Å². The van der Waals surface area contributed by atoms with Crippen molar-refractivity contribution in [3.8, 4) is 0 Å². The highest BCUT2D eigenvalue weighted by Gasteiger charge is 2.45. The molecule has 0 spiro atoms. The van der Waals surface area contributed by atoms with Gasteiger partial charge in [-0.3, -0.25) is 0 Å². The van der Waals surface area contributed by atoms with Gasteiger partial charge in [0.25, 0.3) is 0 Å². The predicted molar refractivity (Wildman–Crippen MR) is 95.9 cm³/mol. The van der Waals surface area contributed by atoms with Crippen molar-refractivity contribution in [3.05, 3.63) is 23.3 Å². The van der Waals surface area contributed by atoms with Gasteiger partial charge in [-0.2, -0.15) is 0 Å². The van der Waals surface area contributed by atoms with Crippen molar-refractivity contribution in [2.75, 3.05) is 12.5 Å². The molecule has 0 aromatic rings. The third kappa shape index (κ3) is 2.40. The Kier molecular flexibility index (Phi) is 4.00. The van der Waals surface area contributed by atoms with Crippen LogP contribution in [0.25, 0.3) is 0 Å². The largest absolute Gasteiger partial charge is 0.239 e. The number of rotatable bonds is 1. The van der Waals surface area contributed by atoms with Crippen LogP contribution in [0.2, 0.25) is 0 Å². The molecule has 116 valence electrons. The van der Waals surface area contributed by atoms with Gasteiger partial charge in [-0.25, -0.2) is 10.0 Å². The summed E-state index contributed by atoms with van der Waals surface area (Å²) in [6, 6.07) is 0. The molecule has 0 saturated heterocycles. The molecule has 20 heavy (non-hydrogen) atoms. The fraction of sp³-hybridized carbons (Fsp3) is 0.789. The smallest absolute Gasteiger partial charge is 0.00497 e. The Morgan fingerprint density at radius 1 is 1.20 bits per heavy atom. The summed E-state index contributed by atoms with van der Waals surface area (Å²) in [6.45, 7) is 14.6. The van der Waals surface area contributed by atoms with Gasteiger partial charge in [-0.15, -0.1) is 0 Å².